The number of nitrogen functional groups attached to an aromatic ring is 1. The molecule has 1 aromatic rings. The van der Waals surface area contributed by atoms with Crippen LogP contribution in [-0.4, -0.2) is 18.2 Å². The quantitative estimate of drug-likeness (QED) is 0.559. The van der Waals surface area contributed by atoms with E-state index >= 15 is 0 Å². The Bertz CT molecular complexity index is 336. The molecule has 3 N–H and O–H groups in total. The molecular weight excluding hydrogens is 182 g/mol. The molecule has 1 rings (SSSR count). The molecule has 0 saturated heterocycles. The zero-order valence-electron chi connectivity index (χ0n) is 7.99. The van der Waals surface area contributed by atoms with Crippen molar-refractivity contribution in [1.29, 1.82) is 0 Å². The molecule has 0 amide bonds. The molecule has 0 heterocycles. The molecule has 4 nitrogen and oxygen atoms in total. The highest BCUT2D eigenvalue weighted by atomic mass is 16.5. The van der Waals surface area contributed by atoms with Crippen molar-refractivity contribution >= 4 is 11.7 Å². The number of phenols is 1. The Hall–Kier alpha value is -1.71. The van der Waals surface area contributed by atoms with Crippen LogP contribution in [0.1, 0.15) is 12.0 Å². The van der Waals surface area contributed by atoms with Gasteiger partial charge in [-0.1, -0.05) is 6.07 Å². The number of nitrogens with two attached hydrogens (primary N) is 1. The van der Waals surface area contributed by atoms with E-state index in [-0.39, 0.29) is 18.1 Å². The van der Waals surface area contributed by atoms with Gasteiger partial charge in [-0.3, -0.25) is 4.79 Å². The van der Waals surface area contributed by atoms with Crippen LogP contribution < -0.4 is 5.73 Å². The van der Waals surface area contributed by atoms with Crippen molar-refractivity contribution in [2.45, 2.75) is 12.8 Å². The number of methoxy groups -OCH3 is 1. The second-order valence-corrected chi connectivity index (χ2v) is 2.96. The second-order valence-electron chi connectivity index (χ2n) is 2.96. The molecule has 0 spiro atoms. The highest BCUT2D eigenvalue weighted by Crippen LogP contribution is 2.21. The average molecular weight is 195 g/mol. The molecule has 0 aliphatic carbocycles. The standard InChI is InChI=1S/C10H13NO3/c1-14-10(13)5-3-7-2-4-8(11)6-9(7)12/h2,4,6,12H,3,5,11H2,1H3. The summed E-state index contributed by atoms with van der Waals surface area (Å²) in [6.45, 7) is 0. The number of carbonyl (C=O) groups is 1. The first kappa shape index (κ1) is 10.4. The van der Waals surface area contributed by atoms with Gasteiger partial charge >= 0.3 is 5.97 Å². The maximum Gasteiger partial charge on any atom is 0.305 e. The summed E-state index contributed by atoms with van der Waals surface area (Å²) >= 11 is 0. The summed E-state index contributed by atoms with van der Waals surface area (Å²) < 4.78 is 4.49. The van der Waals surface area contributed by atoms with Crippen LogP contribution in [0.3, 0.4) is 0 Å². The van der Waals surface area contributed by atoms with Gasteiger partial charge in [-0.2, -0.15) is 0 Å². The normalized spacial score (nSPS) is 9.79. The lowest BCUT2D eigenvalue weighted by molar-refractivity contribution is -0.140. The van der Waals surface area contributed by atoms with Crippen molar-refractivity contribution in [3.63, 3.8) is 0 Å². The number of anilines is 1. The third-order valence-electron chi connectivity index (χ3n) is 1.94. The molecule has 0 radical (unpaired) electrons. The number of phenolic OH excluding ortho intramolecular Hbond substituents is 1. The first-order valence-electron chi connectivity index (χ1n) is 4.27. The molecular formula is C10H13NO3. The van der Waals surface area contributed by atoms with Gasteiger partial charge in [-0.05, 0) is 18.1 Å². The van der Waals surface area contributed by atoms with Crippen LogP contribution in [0, 0.1) is 0 Å². The van der Waals surface area contributed by atoms with E-state index in [1.165, 1.54) is 13.2 Å². The van der Waals surface area contributed by atoms with E-state index in [0.717, 1.165) is 0 Å². The van der Waals surface area contributed by atoms with E-state index in [2.05, 4.69) is 4.74 Å². The van der Waals surface area contributed by atoms with Crippen molar-refractivity contribution in [3.8, 4) is 5.75 Å². The Kier molecular flexibility index (Phi) is 3.34. The van der Waals surface area contributed by atoms with E-state index in [1.54, 1.807) is 12.1 Å². The van der Waals surface area contributed by atoms with Gasteiger partial charge in [0.15, 0.2) is 0 Å². The van der Waals surface area contributed by atoms with Crippen LogP contribution in [0.2, 0.25) is 0 Å². The largest absolute Gasteiger partial charge is 0.508 e. The first-order valence-corrected chi connectivity index (χ1v) is 4.27. The number of aryl methyl sites for hydroxylation is 1. The number of hydrogen-bond donors (Lipinski definition) is 2. The fourth-order valence-electron chi connectivity index (χ4n) is 1.13. The summed E-state index contributed by atoms with van der Waals surface area (Å²) in [5.74, 6) is -0.171. The third kappa shape index (κ3) is 2.65. The molecule has 0 fully saturated rings. The zero-order chi connectivity index (χ0) is 10.6. The SMILES string of the molecule is COC(=O)CCc1ccc(N)cc1O. The lowest BCUT2D eigenvalue weighted by Crippen LogP contribution is -2.02. The molecule has 1 aromatic carbocycles. The molecule has 0 aliphatic heterocycles. The average Bonchev–Trinajstić information content (AvgIpc) is 2.16. The van der Waals surface area contributed by atoms with Gasteiger partial charge in [-0.15, -0.1) is 0 Å². The van der Waals surface area contributed by atoms with Gasteiger partial charge in [0.05, 0.1) is 7.11 Å². The van der Waals surface area contributed by atoms with E-state index < -0.39 is 0 Å². The smallest absolute Gasteiger partial charge is 0.305 e. The number of benzene rings is 1. The fourth-order valence-corrected chi connectivity index (χ4v) is 1.13. The minimum Gasteiger partial charge on any atom is -0.508 e. The molecule has 0 saturated carbocycles. The topological polar surface area (TPSA) is 72.5 Å². The summed E-state index contributed by atoms with van der Waals surface area (Å²) in [6.07, 6.45) is 0.715. The number of aromatic hydroxyl groups is 1. The maximum absolute atomic E-state index is 10.8. The Balaban J connectivity index is 2.63. The number of rotatable bonds is 3. The van der Waals surface area contributed by atoms with Crippen LogP contribution >= 0.6 is 0 Å². The van der Waals surface area contributed by atoms with Crippen LogP contribution in [-0.2, 0) is 16.0 Å². The van der Waals surface area contributed by atoms with Crippen molar-refractivity contribution in [1.82, 2.24) is 0 Å². The second kappa shape index (κ2) is 4.50. The molecule has 0 aromatic heterocycles. The van der Waals surface area contributed by atoms with E-state index in [1.807, 2.05) is 0 Å². The number of carbonyl (C=O) groups excluding carboxylic acids is 1. The molecule has 0 unspecified atom stereocenters. The van der Waals surface area contributed by atoms with Gasteiger partial charge in [0.25, 0.3) is 0 Å². The molecule has 0 aliphatic rings. The van der Waals surface area contributed by atoms with Gasteiger partial charge in [-0.25, -0.2) is 0 Å². The van der Waals surface area contributed by atoms with Crippen LogP contribution in [0.15, 0.2) is 18.2 Å². The summed E-state index contributed by atoms with van der Waals surface area (Å²) in [5.41, 5.74) is 6.66. The number of hydrogen-bond acceptors (Lipinski definition) is 4. The molecule has 14 heavy (non-hydrogen) atoms. The summed E-state index contributed by atoms with van der Waals surface area (Å²) in [4.78, 5) is 10.8. The van der Waals surface area contributed by atoms with Crippen molar-refractivity contribution in [2.24, 2.45) is 0 Å². The maximum atomic E-state index is 10.8. The minimum absolute atomic E-state index is 0.119. The van der Waals surface area contributed by atoms with E-state index in [4.69, 9.17) is 5.73 Å². The molecule has 4 heteroatoms. The highest BCUT2D eigenvalue weighted by molar-refractivity contribution is 5.69. The molecule has 0 atom stereocenters. The number of ether oxygens (including phenoxy) is 1. The lowest BCUT2D eigenvalue weighted by atomic mass is 10.1. The monoisotopic (exact) mass is 195 g/mol. The molecule has 76 valence electrons. The van der Waals surface area contributed by atoms with Crippen LogP contribution in [0.4, 0.5) is 5.69 Å². The Morgan fingerprint density at radius 1 is 1.57 bits per heavy atom. The number of esters is 1. The fraction of sp³-hybridized carbons (Fsp3) is 0.300. The predicted molar refractivity (Wildman–Crippen MR) is 52.9 cm³/mol. The summed E-state index contributed by atoms with van der Waals surface area (Å²) in [5, 5.41) is 9.44. The lowest BCUT2D eigenvalue weighted by Gasteiger charge is -2.04. The molecule has 0 bridgehead atoms. The van der Waals surface area contributed by atoms with Gasteiger partial charge in [0, 0.05) is 18.2 Å². The first-order chi connectivity index (χ1) is 6.63. The highest BCUT2D eigenvalue weighted by Gasteiger charge is 2.05. The van der Waals surface area contributed by atoms with E-state index in [9.17, 15) is 9.90 Å². The van der Waals surface area contributed by atoms with Gasteiger partial charge in [0.1, 0.15) is 5.75 Å². The summed E-state index contributed by atoms with van der Waals surface area (Å²) in [6, 6.07) is 4.85. The Morgan fingerprint density at radius 2 is 2.29 bits per heavy atom. The summed E-state index contributed by atoms with van der Waals surface area (Å²) in [7, 11) is 1.34. The van der Waals surface area contributed by atoms with Crippen LogP contribution in [0.25, 0.3) is 0 Å². The Labute approximate surface area is 82.3 Å². The zero-order valence-corrected chi connectivity index (χ0v) is 7.99. The van der Waals surface area contributed by atoms with Crippen molar-refractivity contribution < 1.29 is 14.6 Å². The Morgan fingerprint density at radius 3 is 2.86 bits per heavy atom. The van der Waals surface area contributed by atoms with E-state index in [0.29, 0.717) is 17.7 Å². The predicted octanol–water partition coefficient (Wildman–Crippen LogP) is 1.08. The van der Waals surface area contributed by atoms with Gasteiger partial charge in [0.2, 0.25) is 0 Å². The van der Waals surface area contributed by atoms with Crippen molar-refractivity contribution in [3.05, 3.63) is 23.8 Å². The van der Waals surface area contributed by atoms with Crippen LogP contribution in [0.5, 0.6) is 5.75 Å². The van der Waals surface area contributed by atoms with Crippen molar-refractivity contribution in [2.75, 3.05) is 12.8 Å². The van der Waals surface area contributed by atoms with Gasteiger partial charge < -0.3 is 15.6 Å². The minimum atomic E-state index is -0.291. The third-order valence-corrected chi connectivity index (χ3v) is 1.94.